The number of imidazole rings is 1. The molecule has 2 aromatic heterocycles. The summed E-state index contributed by atoms with van der Waals surface area (Å²) in [7, 11) is 1.97. The number of aromatic nitrogens is 3. The third-order valence-corrected chi connectivity index (χ3v) is 2.52. The molecule has 4 nitrogen and oxygen atoms in total. The van der Waals surface area contributed by atoms with Crippen LogP contribution < -0.4 is 0 Å². The van der Waals surface area contributed by atoms with Gasteiger partial charge in [-0.05, 0) is 18.6 Å². The monoisotopic (exact) mass is 205 g/mol. The topological polar surface area (TPSA) is 43.0 Å². The fourth-order valence-corrected chi connectivity index (χ4v) is 1.53. The summed E-state index contributed by atoms with van der Waals surface area (Å²) < 4.78 is 4.03. The largest absolute Gasteiger partial charge is 0.389 e. The van der Waals surface area contributed by atoms with Gasteiger partial charge in [-0.3, -0.25) is 0 Å². The molecule has 2 rings (SSSR count). The summed E-state index contributed by atoms with van der Waals surface area (Å²) in [6.45, 7) is 2.55. The van der Waals surface area contributed by atoms with Gasteiger partial charge < -0.3 is 14.2 Å². The van der Waals surface area contributed by atoms with Gasteiger partial charge in [0.1, 0.15) is 0 Å². The first-order chi connectivity index (χ1) is 7.16. The van der Waals surface area contributed by atoms with Crippen LogP contribution in [0.1, 0.15) is 24.3 Å². The zero-order chi connectivity index (χ0) is 10.8. The van der Waals surface area contributed by atoms with Crippen LogP contribution >= 0.6 is 0 Å². The Morgan fingerprint density at radius 3 is 2.87 bits per heavy atom. The van der Waals surface area contributed by atoms with Gasteiger partial charge in [-0.2, -0.15) is 0 Å². The Labute approximate surface area is 88.8 Å². The van der Waals surface area contributed by atoms with Crippen LogP contribution in [0, 0.1) is 0 Å². The van der Waals surface area contributed by atoms with E-state index >= 15 is 0 Å². The second-order valence-electron chi connectivity index (χ2n) is 3.79. The van der Waals surface area contributed by atoms with Gasteiger partial charge in [0.25, 0.3) is 0 Å². The molecule has 80 valence electrons. The van der Waals surface area contributed by atoms with E-state index in [0.717, 1.165) is 17.8 Å². The number of aryl methyl sites for hydroxylation is 1. The maximum Gasteiger partial charge on any atom is 0.0946 e. The second kappa shape index (κ2) is 3.90. The van der Waals surface area contributed by atoms with Crippen molar-refractivity contribution in [3.05, 3.63) is 42.2 Å². The van der Waals surface area contributed by atoms with Crippen molar-refractivity contribution >= 4 is 0 Å². The van der Waals surface area contributed by atoms with Crippen molar-refractivity contribution in [3.63, 3.8) is 0 Å². The highest BCUT2D eigenvalue weighted by Gasteiger charge is 2.04. The minimum absolute atomic E-state index is 0.405. The van der Waals surface area contributed by atoms with Crippen molar-refractivity contribution in [1.82, 2.24) is 14.1 Å². The Bertz CT molecular complexity index is 442. The van der Waals surface area contributed by atoms with Gasteiger partial charge in [0, 0.05) is 25.6 Å². The van der Waals surface area contributed by atoms with Crippen LogP contribution in [0.2, 0.25) is 0 Å². The summed E-state index contributed by atoms with van der Waals surface area (Å²) in [6, 6.07) is 1.93. The van der Waals surface area contributed by atoms with Gasteiger partial charge in [-0.1, -0.05) is 0 Å². The summed E-state index contributed by atoms with van der Waals surface area (Å²) in [5.74, 6) is 0. The number of hydrogen-bond donors (Lipinski definition) is 1. The van der Waals surface area contributed by atoms with Gasteiger partial charge >= 0.3 is 0 Å². The molecule has 2 heterocycles. The lowest BCUT2D eigenvalue weighted by atomic mass is 10.2. The van der Waals surface area contributed by atoms with Crippen molar-refractivity contribution in [2.24, 2.45) is 7.05 Å². The van der Waals surface area contributed by atoms with Gasteiger partial charge in [0.15, 0.2) is 0 Å². The van der Waals surface area contributed by atoms with E-state index in [9.17, 15) is 5.11 Å². The SMILES string of the molecule is CC(O)c1ccn(Cc2cncn2C)c1. The van der Waals surface area contributed by atoms with Crippen molar-refractivity contribution < 1.29 is 5.11 Å². The zero-order valence-electron chi connectivity index (χ0n) is 8.96. The Balaban J connectivity index is 2.15. The lowest BCUT2D eigenvalue weighted by Gasteiger charge is -2.04. The molecule has 1 N–H and O–H groups in total. The average molecular weight is 205 g/mol. The molecule has 0 bridgehead atoms. The van der Waals surface area contributed by atoms with Gasteiger partial charge in [0.05, 0.1) is 24.7 Å². The van der Waals surface area contributed by atoms with E-state index in [1.165, 1.54) is 0 Å². The predicted molar refractivity (Wildman–Crippen MR) is 57.4 cm³/mol. The molecule has 15 heavy (non-hydrogen) atoms. The highest BCUT2D eigenvalue weighted by molar-refractivity contribution is 5.14. The molecular weight excluding hydrogens is 190 g/mol. The van der Waals surface area contributed by atoms with E-state index < -0.39 is 6.10 Å². The van der Waals surface area contributed by atoms with Crippen molar-refractivity contribution in [1.29, 1.82) is 0 Å². The molecular formula is C11H15N3O. The number of hydrogen-bond acceptors (Lipinski definition) is 2. The second-order valence-corrected chi connectivity index (χ2v) is 3.79. The Morgan fingerprint density at radius 2 is 2.33 bits per heavy atom. The van der Waals surface area contributed by atoms with Gasteiger partial charge in [0.2, 0.25) is 0 Å². The van der Waals surface area contributed by atoms with E-state index in [1.54, 1.807) is 13.3 Å². The zero-order valence-corrected chi connectivity index (χ0v) is 8.96. The normalized spacial score (nSPS) is 13.0. The number of nitrogens with zero attached hydrogens (tertiary/aromatic N) is 3. The van der Waals surface area contributed by atoms with E-state index in [2.05, 4.69) is 4.98 Å². The number of rotatable bonds is 3. The molecule has 0 aromatic carbocycles. The molecule has 1 atom stereocenters. The smallest absolute Gasteiger partial charge is 0.0946 e. The molecule has 0 spiro atoms. The molecule has 4 heteroatoms. The van der Waals surface area contributed by atoms with Gasteiger partial charge in [-0.25, -0.2) is 4.98 Å². The summed E-state index contributed by atoms with van der Waals surface area (Å²) in [6.07, 6.45) is 7.15. The average Bonchev–Trinajstić information content (AvgIpc) is 2.77. The Morgan fingerprint density at radius 1 is 1.53 bits per heavy atom. The summed E-state index contributed by atoms with van der Waals surface area (Å²) in [4.78, 5) is 4.06. The van der Waals surface area contributed by atoms with E-state index in [-0.39, 0.29) is 0 Å². The lowest BCUT2D eigenvalue weighted by Crippen LogP contribution is -2.02. The summed E-state index contributed by atoms with van der Waals surface area (Å²) >= 11 is 0. The minimum Gasteiger partial charge on any atom is -0.389 e. The standard InChI is InChI=1S/C11H15N3O/c1-9(15)10-3-4-14(6-10)7-11-5-12-8-13(11)2/h3-6,8-9,15H,7H2,1-2H3. The van der Waals surface area contributed by atoms with E-state index in [4.69, 9.17) is 0 Å². The fourth-order valence-electron chi connectivity index (χ4n) is 1.53. The molecule has 2 aromatic rings. The molecule has 0 saturated heterocycles. The summed E-state index contributed by atoms with van der Waals surface area (Å²) in [5.41, 5.74) is 2.08. The van der Waals surface area contributed by atoms with E-state index in [0.29, 0.717) is 0 Å². The van der Waals surface area contributed by atoms with Crippen LogP contribution in [-0.4, -0.2) is 19.2 Å². The third kappa shape index (κ3) is 2.10. The van der Waals surface area contributed by atoms with Crippen molar-refractivity contribution in [2.75, 3.05) is 0 Å². The maximum atomic E-state index is 9.39. The molecule has 0 fully saturated rings. The Kier molecular flexibility index (Phi) is 2.60. The third-order valence-electron chi connectivity index (χ3n) is 2.52. The van der Waals surface area contributed by atoms with E-state index in [1.807, 2.05) is 40.8 Å². The molecule has 1 unspecified atom stereocenters. The van der Waals surface area contributed by atoms with Crippen molar-refractivity contribution in [3.8, 4) is 0 Å². The molecule has 0 aliphatic heterocycles. The van der Waals surface area contributed by atoms with Crippen LogP contribution in [0.4, 0.5) is 0 Å². The highest BCUT2D eigenvalue weighted by atomic mass is 16.3. The highest BCUT2D eigenvalue weighted by Crippen LogP contribution is 2.12. The molecule has 0 amide bonds. The number of aliphatic hydroxyl groups is 1. The minimum atomic E-state index is -0.405. The first kappa shape index (κ1) is 9.98. The summed E-state index contributed by atoms with van der Waals surface area (Å²) in [5, 5.41) is 9.39. The van der Waals surface area contributed by atoms with Crippen LogP contribution in [0.3, 0.4) is 0 Å². The molecule has 0 radical (unpaired) electrons. The molecule has 0 saturated carbocycles. The fraction of sp³-hybridized carbons (Fsp3) is 0.364. The number of aliphatic hydroxyl groups excluding tert-OH is 1. The maximum absolute atomic E-state index is 9.39. The lowest BCUT2D eigenvalue weighted by molar-refractivity contribution is 0.199. The van der Waals surface area contributed by atoms with Crippen molar-refractivity contribution in [2.45, 2.75) is 19.6 Å². The van der Waals surface area contributed by atoms with Crippen LogP contribution in [0.5, 0.6) is 0 Å². The predicted octanol–water partition coefficient (Wildman–Crippen LogP) is 1.32. The van der Waals surface area contributed by atoms with Crippen LogP contribution in [0.15, 0.2) is 31.0 Å². The van der Waals surface area contributed by atoms with Crippen LogP contribution in [-0.2, 0) is 13.6 Å². The molecule has 0 aliphatic carbocycles. The quantitative estimate of drug-likeness (QED) is 0.821. The van der Waals surface area contributed by atoms with Crippen LogP contribution in [0.25, 0.3) is 0 Å². The molecule has 0 aliphatic rings. The Hall–Kier alpha value is -1.55. The first-order valence-electron chi connectivity index (χ1n) is 4.96. The first-order valence-corrected chi connectivity index (χ1v) is 4.96. The van der Waals surface area contributed by atoms with Gasteiger partial charge in [-0.15, -0.1) is 0 Å².